The molecular weight excluding hydrogens is 536 g/mol. The number of carbonyl (C=O) groups excluding carboxylic acids is 3. The zero-order valence-electron chi connectivity index (χ0n) is 22.9. The van der Waals surface area contributed by atoms with Gasteiger partial charge in [-0.1, -0.05) is 35.9 Å². The lowest BCUT2D eigenvalue weighted by molar-refractivity contribution is -0.155. The fourth-order valence-corrected chi connectivity index (χ4v) is 9.40. The second kappa shape index (κ2) is 12.1. The molecule has 5 atom stereocenters. The summed E-state index contributed by atoms with van der Waals surface area (Å²) in [5.41, 5.74) is 1.46. The maximum absolute atomic E-state index is 14.6. The van der Waals surface area contributed by atoms with E-state index in [1.165, 1.54) is 0 Å². The van der Waals surface area contributed by atoms with Crippen molar-refractivity contribution < 1.29 is 24.2 Å². The maximum Gasteiger partial charge on any atom is 0.311 e. The number of hydrogen-bond donors (Lipinski definition) is 1. The Morgan fingerprint density at radius 2 is 2.03 bits per heavy atom. The largest absolute Gasteiger partial charge is 0.465 e. The first-order valence-corrected chi connectivity index (χ1v) is 14.9. The fourth-order valence-electron chi connectivity index (χ4n) is 6.74. The zero-order chi connectivity index (χ0) is 28.4. The molecular formula is C30H39ClN2O5S. The van der Waals surface area contributed by atoms with E-state index in [1.54, 1.807) is 39.8 Å². The molecule has 2 bridgehead atoms. The normalized spacial score (nSPS) is 28.9. The lowest BCUT2D eigenvalue weighted by atomic mass is 9.66. The number of esters is 1. The van der Waals surface area contributed by atoms with Crippen molar-refractivity contribution in [3.8, 4) is 0 Å². The van der Waals surface area contributed by atoms with Gasteiger partial charge >= 0.3 is 5.97 Å². The predicted octanol–water partition coefficient (Wildman–Crippen LogP) is 4.93. The first kappa shape index (κ1) is 29.7. The molecule has 0 aromatic heterocycles. The van der Waals surface area contributed by atoms with Gasteiger partial charge in [0.2, 0.25) is 5.91 Å². The van der Waals surface area contributed by atoms with E-state index in [0.717, 1.165) is 18.4 Å². The van der Waals surface area contributed by atoms with Crippen LogP contribution < -0.4 is 4.90 Å². The number of fused-ring (bicyclic) bond motifs is 1. The summed E-state index contributed by atoms with van der Waals surface area (Å²) in [5.74, 6) is -2.00. The molecule has 1 aromatic rings. The molecule has 1 spiro atoms. The Labute approximate surface area is 240 Å². The zero-order valence-corrected chi connectivity index (χ0v) is 24.4. The Bertz CT molecular complexity index is 1120. The number of thioether (sulfide) groups is 1. The van der Waals surface area contributed by atoms with Gasteiger partial charge < -0.3 is 19.6 Å². The highest BCUT2D eigenvalue weighted by atomic mass is 35.5. The van der Waals surface area contributed by atoms with Crippen LogP contribution in [0.25, 0.3) is 0 Å². The summed E-state index contributed by atoms with van der Waals surface area (Å²) in [6.07, 6.45) is 7.29. The van der Waals surface area contributed by atoms with Crippen molar-refractivity contribution in [3.63, 3.8) is 0 Å². The number of ether oxygens (including phenoxy) is 1. The summed E-state index contributed by atoms with van der Waals surface area (Å²) >= 11 is 8.25. The van der Waals surface area contributed by atoms with Gasteiger partial charge in [0.1, 0.15) is 6.04 Å². The number of halogens is 1. The van der Waals surface area contributed by atoms with Crippen LogP contribution in [-0.2, 0) is 19.1 Å². The van der Waals surface area contributed by atoms with Crippen LogP contribution in [0.1, 0.15) is 51.0 Å². The van der Waals surface area contributed by atoms with E-state index in [0.29, 0.717) is 42.9 Å². The molecule has 3 aliphatic heterocycles. The Balaban J connectivity index is 1.76. The van der Waals surface area contributed by atoms with Crippen molar-refractivity contribution in [2.45, 2.75) is 67.9 Å². The molecule has 3 aliphatic rings. The smallest absolute Gasteiger partial charge is 0.311 e. The standard InChI is InChI=1S/C30H39ClN2O5S/c1-5-7-19-38-28(37)23-22-26(35)33(17-9-8-10-18-34)25(30(22)15-14-29(23,4)39-30)27(36)32(16-6-2)24-20(3)12-11-13-21(24)31/h5-6,11-13,22-23,25,34H,1-2,7-10,14-19H2,3-4H3/t22-,23-,25?,29+,30?/m0/s1. The Kier molecular flexibility index (Phi) is 9.19. The SMILES string of the molecule is C=CCCOC(=O)[C@@H]1[C@H]2C(=O)N(CCCCCO)C(C(=O)N(CC=C)c3c(C)cccc3Cl)C23CC[C@@]1(C)S3. The van der Waals surface area contributed by atoms with E-state index in [1.807, 2.05) is 26.0 Å². The first-order chi connectivity index (χ1) is 18.7. The number of amides is 2. The molecule has 0 saturated carbocycles. The molecule has 1 aromatic carbocycles. The lowest BCUT2D eigenvalue weighted by Gasteiger charge is -2.37. The Morgan fingerprint density at radius 1 is 1.26 bits per heavy atom. The Morgan fingerprint density at radius 3 is 2.69 bits per heavy atom. The minimum atomic E-state index is -0.752. The molecule has 1 N–H and O–H groups in total. The number of aliphatic hydroxyl groups is 1. The van der Waals surface area contributed by atoms with E-state index < -0.39 is 27.4 Å². The number of rotatable bonds is 13. The van der Waals surface area contributed by atoms with Gasteiger partial charge in [0.25, 0.3) is 5.91 Å². The second-order valence-electron chi connectivity index (χ2n) is 10.9. The molecule has 2 unspecified atom stereocenters. The van der Waals surface area contributed by atoms with Crippen molar-refractivity contribution in [1.29, 1.82) is 0 Å². The molecule has 3 heterocycles. The highest BCUT2D eigenvalue weighted by molar-refractivity contribution is 8.02. The van der Waals surface area contributed by atoms with Crippen LogP contribution in [0.2, 0.25) is 5.02 Å². The molecule has 7 nitrogen and oxygen atoms in total. The van der Waals surface area contributed by atoms with Crippen LogP contribution in [0, 0.1) is 18.8 Å². The summed E-state index contributed by atoms with van der Waals surface area (Å²) in [5, 5.41) is 9.72. The van der Waals surface area contributed by atoms with Crippen LogP contribution in [0.4, 0.5) is 5.69 Å². The van der Waals surface area contributed by atoms with Crippen molar-refractivity contribution in [2.24, 2.45) is 11.8 Å². The number of unbranched alkanes of at least 4 members (excludes halogenated alkanes) is 2. The van der Waals surface area contributed by atoms with E-state index in [-0.39, 0.29) is 37.5 Å². The number of aliphatic hydroxyl groups excluding tert-OH is 1. The number of anilines is 1. The van der Waals surface area contributed by atoms with Gasteiger partial charge in [0.15, 0.2) is 0 Å². The van der Waals surface area contributed by atoms with Crippen molar-refractivity contribution in [3.05, 3.63) is 54.1 Å². The summed E-state index contributed by atoms with van der Waals surface area (Å²) in [4.78, 5) is 45.6. The molecule has 212 valence electrons. The van der Waals surface area contributed by atoms with Gasteiger partial charge in [-0.25, -0.2) is 0 Å². The van der Waals surface area contributed by atoms with Gasteiger partial charge in [-0.15, -0.1) is 24.9 Å². The minimum Gasteiger partial charge on any atom is -0.465 e. The summed E-state index contributed by atoms with van der Waals surface area (Å²) < 4.78 is 4.39. The van der Waals surface area contributed by atoms with Crippen LogP contribution in [0.5, 0.6) is 0 Å². The molecule has 9 heteroatoms. The number of para-hydroxylation sites is 1. The third-order valence-corrected chi connectivity index (χ3v) is 10.7. The maximum atomic E-state index is 14.6. The number of hydrogen-bond acceptors (Lipinski definition) is 6. The van der Waals surface area contributed by atoms with Gasteiger partial charge in [0.05, 0.1) is 33.9 Å². The molecule has 4 rings (SSSR count). The number of likely N-dealkylation sites (tertiary alicyclic amines) is 1. The first-order valence-electron chi connectivity index (χ1n) is 13.7. The third kappa shape index (κ3) is 5.16. The minimum absolute atomic E-state index is 0.0780. The van der Waals surface area contributed by atoms with Crippen molar-refractivity contribution >= 4 is 46.8 Å². The third-order valence-electron chi connectivity index (χ3n) is 8.42. The highest BCUT2D eigenvalue weighted by Crippen LogP contribution is 2.71. The molecule has 3 fully saturated rings. The molecule has 0 radical (unpaired) electrons. The quantitative estimate of drug-likeness (QED) is 0.204. The number of benzene rings is 1. The summed E-state index contributed by atoms with van der Waals surface area (Å²) in [7, 11) is 0. The van der Waals surface area contributed by atoms with Crippen LogP contribution in [0.3, 0.4) is 0 Å². The van der Waals surface area contributed by atoms with Crippen molar-refractivity contribution in [1.82, 2.24) is 4.90 Å². The Hall–Kier alpha value is -2.29. The average molecular weight is 575 g/mol. The summed E-state index contributed by atoms with van der Waals surface area (Å²) in [6.45, 7) is 12.4. The fraction of sp³-hybridized carbons (Fsp3) is 0.567. The van der Waals surface area contributed by atoms with Crippen LogP contribution in [0.15, 0.2) is 43.5 Å². The van der Waals surface area contributed by atoms with E-state index >= 15 is 0 Å². The molecule has 2 amide bonds. The topological polar surface area (TPSA) is 87.1 Å². The predicted molar refractivity (Wildman–Crippen MR) is 156 cm³/mol. The van der Waals surface area contributed by atoms with Gasteiger partial charge in [-0.2, -0.15) is 0 Å². The monoisotopic (exact) mass is 574 g/mol. The molecule has 3 saturated heterocycles. The number of aryl methyl sites for hydroxylation is 1. The lowest BCUT2D eigenvalue weighted by Crippen LogP contribution is -2.55. The van der Waals surface area contributed by atoms with Crippen molar-refractivity contribution in [2.75, 3.05) is 31.2 Å². The van der Waals surface area contributed by atoms with Crippen LogP contribution in [-0.4, -0.2) is 69.6 Å². The number of carbonyl (C=O) groups is 3. The summed E-state index contributed by atoms with van der Waals surface area (Å²) in [6, 6.07) is 4.76. The van der Waals surface area contributed by atoms with Gasteiger partial charge in [-0.05, 0) is 64.0 Å². The van der Waals surface area contributed by atoms with Gasteiger partial charge in [0, 0.05) is 24.4 Å². The van der Waals surface area contributed by atoms with Gasteiger partial charge in [-0.3, -0.25) is 14.4 Å². The van der Waals surface area contributed by atoms with E-state index in [2.05, 4.69) is 13.2 Å². The second-order valence-corrected chi connectivity index (χ2v) is 13.2. The average Bonchev–Trinajstić information content (AvgIpc) is 3.46. The molecule has 0 aliphatic carbocycles. The highest BCUT2D eigenvalue weighted by Gasteiger charge is 2.77. The van der Waals surface area contributed by atoms with Crippen LogP contribution >= 0.6 is 23.4 Å². The number of nitrogens with zero attached hydrogens (tertiary/aromatic N) is 2. The van der Waals surface area contributed by atoms with E-state index in [4.69, 9.17) is 16.3 Å². The molecule has 39 heavy (non-hydrogen) atoms. The van der Waals surface area contributed by atoms with E-state index in [9.17, 15) is 19.5 Å².